The quantitative estimate of drug-likeness (QED) is 0.845. The van der Waals surface area contributed by atoms with Crippen LogP contribution in [-0.2, 0) is 6.18 Å². The lowest BCUT2D eigenvalue weighted by Gasteiger charge is -2.28. The lowest BCUT2D eigenvalue weighted by atomic mass is 10.0. The van der Waals surface area contributed by atoms with Crippen LogP contribution in [0.5, 0.6) is 0 Å². The highest BCUT2D eigenvalue weighted by molar-refractivity contribution is 5.29. The summed E-state index contributed by atoms with van der Waals surface area (Å²) in [7, 11) is 1.82. The van der Waals surface area contributed by atoms with E-state index in [1.165, 1.54) is 0 Å². The number of halogens is 4. The Morgan fingerprint density at radius 1 is 1.33 bits per heavy atom. The number of hydrogen-bond donors (Lipinski definition) is 1. The predicted molar refractivity (Wildman–Crippen MR) is 73.1 cm³/mol. The molecule has 6 heteroatoms. The molecule has 1 fully saturated rings. The Morgan fingerprint density at radius 2 is 1.95 bits per heavy atom. The first-order valence-corrected chi connectivity index (χ1v) is 7.00. The number of alkyl halides is 3. The van der Waals surface area contributed by atoms with Crippen LogP contribution in [0.4, 0.5) is 17.6 Å². The molecule has 2 nitrogen and oxygen atoms in total. The Balaban J connectivity index is 2.22. The van der Waals surface area contributed by atoms with Crippen LogP contribution in [0, 0.1) is 17.7 Å². The summed E-state index contributed by atoms with van der Waals surface area (Å²) in [6.45, 7) is 3.05. The smallest absolute Gasteiger partial charge is 0.329 e. The topological polar surface area (TPSA) is 29.3 Å². The average Bonchev–Trinajstić information content (AvgIpc) is 3.03. The van der Waals surface area contributed by atoms with Gasteiger partial charge in [0.05, 0.1) is 5.56 Å². The minimum Gasteiger partial charge on any atom is -0.329 e. The van der Waals surface area contributed by atoms with Crippen molar-refractivity contribution in [1.29, 1.82) is 0 Å². The summed E-state index contributed by atoms with van der Waals surface area (Å²) < 4.78 is 51.8. The summed E-state index contributed by atoms with van der Waals surface area (Å²) >= 11 is 0. The molecule has 1 aromatic rings. The number of benzene rings is 1. The highest BCUT2D eigenvalue weighted by Gasteiger charge is 2.35. The Morgan fingerprint density at radius 3 is 2.43 bits per heavy atom. The van der Waals surface area contributed by atoms with Crippen molar-refractivity contribution in [1.82, 2.24) is 4.90 Å². The van der Waals surface area contributed by atoms with Crippen LogP contribution in [-0.4, -0.2) is 25.0 Å². The van der Waals surface area contributed by atoms with Gasteiger partial charge in [-0.25, -0.2) is 4.39 Å². The van der Waals surface area contributed by atoms with Gasteiger partial charge in [-0.05, 0) is 49.1 Å². The van der Waals surface area contributed by atoms with Gasteiger partial charge in [0.2, 0.25) is 0 Å². The fourth-order valence-electron chi connectivity index (χ4n) is 2.69. The Hall–Kier alpha value is -1.14. The molecule has 0 heterocycles. The van der Waals surface area contributed by atoms with Gasteiger partial charge in [0.15, 0.2) is 0 Å². The third kappa shape index (κ3) is 3.95. The second-order valence-electron chi connectivity index (χ2n) is 5.94. The highest BCUT2D eigenvalue weighted by Crippen LogP contribution is 2.39. The van der Waals surface area contributed by atoms with Crippen LogP contribution in [0.15, 0.2) is 18.2 Å². The zero-order valence-electron chi connectivity index (χ0n) is 12.1. The molecule has 0 spiro atoms. The SMILES string of the molecule is CC1CC1CN(C)C(CN)c1cc(F)cc(C(F)(F)F)c1. The van der Waals surface area contributed by atoms with Crippen molar-refractivity contribution in [3.05, 3.63) is 35.1 Å². The number of nitrogens with zero attached hydrogens (tertiary/aromatic N) is 1. The molecule has 0 saturated heterocycles. The van der Waals surface area contributed by atoms with E-state index in [2.05, 4.69) is 6.92 Å². The van der Waals surface area contributed by atoms with Gasteiger partial charge in [0.1, 0.15) is 5.82 Å². The molecule has 0 bridgehead atoms. The van der Waals surface area contributed by atoms with E-state index in [0.717, 1.165) is 25.1 Å². The minimum absolute atomic E-state index is 0.151. The van der Waals surface area contributed by atoms with E-state index < -0.39 is 23.6 Å². The van der Waals surface area contributed by atoms with Gasteiger partial charge < -0.3 is 5.73 Å². The summed E-state index contributed by atoms with van der Waals surface area (Å²) in [5.74, 6) is 0.315. The van der Waals surface area contributed by atoms with Crippen molar-refractivity contribution in [3.63, 3.8) is 0 Å². The lowest BCUT2D eigenvalue weighted by molar-refractivity contribution is -0.137. The third-order valence-corrected chi connectivity index (χ3v) is 4.19. The first-order valence-electron chi connectivity index (χ1n) is 7.00. The molecular weight excluding hydrogens is 284 g/mol. The molecule has 1 aromatic carbocycles. The van der Waals surface area contributed by atoms with Crippen LogP contribution < -0.4 is 5.73 Å². The second-order valence-corrected chi connectivity index (χ2v) is 5.94. The van der Waals surface area contributed by atoms with Gasteiger partial charge in [-0.3, -0.25) is 4.90 Å². The van der Waals surface area contributed by atoms with Crippen LogP contribution in [0.3, 0.4) is 0 Å². The zero-order valence-corrected chi connectivity index (χ0v) is 12.1. The van der Waals surface area contributed by atoms with Gasteiger partial charge in [0.25, 0.3) is 0 Å². The molecule has 3 atom stereocenters. The Kier molecular flexibility index (Phi) is 4.58. The van der Waals surface area contributed by atoms with E-state index in [1.54, 1.807) is 0 Å². The van der Waals surface area contributed by atoms with Crippen molar-refractivity contribution in [2.75, 3.05) is 20.1 Å². The van der Waals surface area contributed by atoms with E-state index in [0.29, 0.717) is 17.9 Å². The molecule has 3 unspecified atom stereocenters. The number of hydrogen-bond acceptors (Lipinski definition) is 2. The standard InChI is InChI=1S/C15H20F4N2/c1-9-3-11(9)8-21(2)14(7-20)10-4-12(15(17,18)19)6-13(16)5-10/h4-6,9,11,14H,3,7-8,20H2,1-2H3. The normalized spacial score (nSPS) is 23.4. The van der Waals surface area contributed by atoms with Crippen LogP contribution in [0.25, 0.3) is 0 Å². The summed E-state index contributed by atoms with van der Waals surface area (Å²) in [5, 5.41) is 0. The van der Waals surface area contributed by atoms with Gasteiger partial charge in [-0.15, -0.1) is 0 Å². The summed E-state index contributed by atoms with van der Waals surface area (Å²) in [6, 6.07) is 2.24. The van der Waals surface area contributed by atoms with Crippen molar-refractivity contribution in [2.24, 2.45) is 17.6 Å². The first kappa shape index (κ1) is 16.2. The fourth-order valence-corrected chi connectivity index (χ4v) is 2.69. The molecule has 21 heavy (non-hydrogen) atoms. The molecule has 0 aliphatic heterocycles. The maximum atomic E-state index is 13.5. The molecule has 2 N–H and O–H groups in total. The molecular formula is C15H20F4N2. The van der Waals surface area contributed by atoms with Crippen molar-refractivity contribution in [3.8, 4) is 0 Å². The number of rotatable bonds is 5. The average molecular weight is 304 g/mol. The lowest BCUT2D eigenvalue weighted by Crippen LogP contribution is -2.32. The Labute approximate surface area is 121 Å². The summed E-state index contributed by atoms with van der Waals surface area (Å²) in [6.07, 6.45) is -3.43. The monoisotopic (exact) mass is 304 g/mol. The predicted octanol–water partition coefficient (Wildman–Crippen LogP) is 3.43. The first-order chi connectivity index (χ1) is 9.72. The van der Waals surface area contributed by atoms with Crippen LogP contribution >= 0.6 is 0 Å². The number of nitrogens with two attached hydrogens (primary N) is 1. The van der Waals surface area contributed by atoms with E-state index in [9.17, 15) is 17.6 Å². The van der Waals surface area contributed by atoms with Gasteiger partial charge >= 0.3 is 6.18 Å². The van der Waals surface area contributed by atoms with E-state index in [-0.39, 0.29) is 12.1 Å². The molecule has 2 rings (SSSR count). The van der Waals surface area contributed by atoms with Crippen LogP contribution in [0.1, 0.15) is 30.5 Å². The third-order valence-electron chi connectivity index (χ3n) is 4.19. The molecule has 1 saturated carbocycles. The summed E-state index contributed by atoms with van der Waals surface area (Å²) in [4.78, 5) is 1.92. The Bertz CT molecular complexity index is 501. The van der Waals surface area contributed by atoms with Gasteiger partial charge in [-0.2, -0.15) is 13.2 Å². The molecule has 0 aromatic heterocycles. The van der Waals surface area contributed by atoms with E-state index >= 15 is 0 Å². The fraction of sp³-hybridized carbons (Fsp3) is 0.600. The molecule has 0 amide bonds. The highest BCUT2D eigenvalue weighted by atomic mass is 19.4. The molecule has 0 radical (unpaired) electrons. The largest absolute Gasteiger partial charge is 0.416 e. The minimum atomic E-state index is -4.56. The second kappa shape index (κ2) is 5.93. The van der Waals surface area contributed by atoms with E-state index in [4.69, 9.17) is 5.73 Å². The summed E-state index contributed by atoms with van der Waals surface area (Å²) in [5.41, 5.74) is 5.01. The van der Waals surface area contributed by atoms with Gasteiger partial charge in [-0.1, -0.05) is 6.92 Å². The maximum absolute atomic E-state index is 13.5. The van der Waals surface area contributed by atoms with E-state index in [1.807, 2.05) is 11.9 Å². The van der Waals surface area contributed by atoms with Crippen molar-refractivity contribution < 1.29 is 17.6 Å². The molecule has 1 aliphatic rings. The molecule has 1 aliphatic carbocycles. The molecule has 118 valence electrons. The number of likely N-dealkylation sites (N-methyl/N-ethyl adjacent to an activating group) is 1. The van der Waals surface area contributed by atoms with Crippen molar-refractivity contribution >= 4 is 0 Å². The van der Waals surface area contributed by atoms with Crippen LogP contribution in [0.2, 0.25) is 0 Å². The van der Waals surface area contributed by atoms with Crippen molar-refractivity contribution in [2.45, 2.75) is 25.6 Å². The van der Waals surface area contributed by atoms with Gasteiger partial charge in [0, 0.05) is 19.1 Å². The zero-order chi connectivity index (χ0) is 15.8. The maximum Gasteiger partial charge on any atom is 0.416 e.